The monoisotopic (exact) mass is 338 g/mol. The van der Waals surface area contributed by atoms with Gasteiger partial charge in [-0.25, -0.2) is 8.42 Å². The van der Waals surface area contributed by atoms with E-state index in [1.165, 1.54) is 6.07 Å². The number of anilines is 2. The summed E-state index contributed by atoms with van der Waals surface area (Å²) < 4.78 is 25.6. The molecule has 0 bridgehead atoms. The molecule has 114 valence electrons. The van der Waals surface area contributed by atoms with Crippen molar-refractivity contribution in [2.75, 3.05) is 5.32 Å². The molecule has 0 unspecified atom stereocenters. The van der Waals surface area contributed by atoms with E-state index in [0.29, 0.717) is 11.3 Å². The summed E-state index contributed by atoms with van der Waals surface area (Å²) in [4.78, 5) is 10.3. The Morgan fingerprint density at radius 1 is 1.14 bits per heavy atom. The average molecular weight is 339 g/mol. The number of fused-ring (bicyclic) bond motifs is 2. The minimum absolute atomic E-state index is 0.112. The van der Waals surface area contributed by atoms with Gasteiger partial charge in [0.15, 0.2) is 0 Å². The second-order valence-electron chi connectivity index (χ2n) is 5.14. The van der Waals surface area contributed by atoms with Gasteiger partial charge in [-0.2, -0.15) is 0 Å². The summed E-state index contributed by atoms with van der Waals surface area (Å²) in [6.45, 7) is 3.56. The molecule has 1 heterocycles. The third-order valence-electron chi connectivity index (χ3n) is 3.49. The van der Waals surface area contributed by atoms with Crippen LogP contribution in [0.3, 0.4) is 0 Å². The van der Waals surface area contributed by atoms with E-state index in [-0.39, 0.29) is 20.5 Å². The van der Waals surface area contributed by atoms with Gasteiger partial charge in [0.1, 0.15) is 9.92 Å². The summed E-state index contributed by atoms with van der Waals surface area (Å²) >= 11 is 5.86. The van der Waals surface area contributed by atoms with Crippen LogP contribution in [0.5, 0.6) is 0 Å². The van der Waals surface area contributed by atoms with Crippen LogP contribution in [0.15, 0.2) is 34.1 Å². The van der Waals surface area contributed by atoms with Gasteiger partial charge in [0.25, 0.3) is 5.69 Å². The second kappa shape index (κ2) is 4.69. The lowest BCUT2D eigenvalue weighted by atomic mass is 10.1. The molecule has 1 N–H and O–H groups in total. The van der Waals surface area contributed by atoms with E-state index < -0.39 is 20.4 Å². The zero-order chi connectivity index (χ0) is 16.2. The van der Waals surface area contributed by atoms with Gasteiger partial charge in [-0.05, 0) is 37.1 Å². The fraction of sp³-hybridized carbons (Fsp3) is 0.143. The Labute approximate surface area is 131 Å². The smallest absolute Gasteiger partial charge is 0.289 e. The molecule has 2 aromatic rings. The first-order valence-corrected chi connectivity index (χ1v) is 8.19. The van der Waals surface area contributed by atoms with E-state index in [4.69, 9.17) is 11.6 Å². The van der Waals surface area contributed by atoms with Gasteiger partial charge < -0.3 is 5.32 Å². The largest absolute Gasteiger partial charge is 0.353 e. The van der Waals surface area contributed by atoms with Crippen LogP contribution in [0, 0.1) is 24.0 Å². The number of sulfone groups is 1. The average Bonchev–Trinajstić information content (AvgIpc) is 2.35. The van der Waals surface area contributed by atoms with Gasteiger partial charge in [-0.3, -0.25) is 10.1 Å². The van der Waals surface area contributed by atoms with Gasteiger partial charge in [0.05, 0.1) is 21.2 Å². The number of benzene rings is 2. The Balaban J connectivity index is 2.35. The molecular formula is C14H11ClN2O4S. The third-order valence-corrected chi connectivity index (χ3v) is 5.79. The molecule has 0 saturated carbocycles. The lowest BCUT2D eigenvalue weighted by Crippen LogP contribution is -2.16. The molecule has 2 aromatic carbocycles. The Morgan fingerprint density at radius 2 is 1.82 bits per heavy atom. The van der Waals surface area contributed by atoms with Crippen molar-refractivity contribution in [1.29, 1.82) is 0 Å². The number of nitrogens with zero attached hydrogens (tertiary/aromatic N) is 1. The van der Waals surface area contributed by atoms with Crippen molar-refractivity contribution < 1.29 is 13.3 Å². The third kappa shape index (κ3) is 2.05. The van der Waals surface area contributed by atoms with E-state index in [1.807, 2.05) is 6.92 Å². The van der Waals surface area contributed by atoms with Crippen LogP contribution in [0.1, 0.15) is 11.1 Å². The molecule has 1 aliphatic rings. The van der Waals surface area contributed by atoms with Crippen molar-refractivity contribution in [3.63, 3.8) is 0 Å². The van der Waals surface area contributed by atoms with E-state index in [1.54, 1.807) is 19.1 Å². The molecule has 0 amide bonds. The maximum atomic E-state index is 12.8. The van der Waals surface area contributed by atoms with Crippen LogP contribution in [0.25, 0.3) is 0 Å². The highest BCUT2D eigenvalue weighted by molar-refractivity contribution is 7.92. The van der Waals surface area contributed by atoms with E-state index in [0.717, 1.165) is 11.6 Å². The summed E-state index contributed by atoms with van der Waals surface area (Å²) in [6.07, 6.45) is 0. The first-order chi connectivity index (χ1) is 10.2. The zero-order valence-electron chi connectivity index (χ0n) is 11.7. The highest BCUT2D eigenvalue weighted by Crippen LogP contribution is 2.44. The van der Waals surface area contributed by atoms with Crippen molar-refractivity contribution in [3.05, 3.63) is 50.5 Å². The molecule has 22 heavy (non-hydrogen) atoms. The van der Waals surface area contributed by atoms with Crippen molar-refractivity contribution in [2.24, 2.45) is 0 Å². The Hall–Kier alpha value is -2.12. The summed E-state index contributed by atoms with van der Waals surface area (Å²) in [5.74, 6) is 0. The SMILES string of the molecule is Cc1cc(C)c2c(c1)Nc1cc(Cl)c([N+](=O)[O-])cc1S2(=O)=O. The van der Waals surface area contributed by atoms with Crippen molar-refractivity contribution >= 4 is 38.5 Å². The van der Waals surface area contributed by atoms with Crippen molar-refractivity contribution in [2.45, 2.75) is 23.6 Å². The number of aryl methyl sites for hydroxylation is 2. The molecule has 0 radical (unpaired) electrons. The normalized spacial score (nSPS) is 14.7. The van der Waals surface area contributed by atoms with Crippen LogP contribution in [0.4, 0.5) is 17.1 Å². The van der Waals surface area contributed by atoms with E-state index in [2.05, 4.69) is 5.32 Å². The first-order valence-electron chi connectivity index (χ1n) is 6.33. The predicted molar refractivity (Wildman–Crippen MR) is 82.8 cm³/mol. The van der Waals surface area contributed by atoms with E-state index in [9.17, 15) is 18.5 Å². The molecule has 0 atom stereocenters. The van der Waals surface area contributed by atoms with Gasteiger partial charge in [0, 0.05) is 6.07 Å². The van der Waals surface area contributed by atoms with Crippen LogP contribution < -0.4 is 5.32 Å². The number of nitrogens with one attached hydrogen (secondary N) is 1. The Morgan fingerprint density at radius 3 is 2.45 bits per heavy atom. The highest BCUT2D eigenvalue weighted by atomic mass is 35.5. The highest BCUT2D eigenvalue weighted by Gasteiger charge is 2.34. The summed E-state index contributed by atoms with van der Waals surface area (Å²) in [7, 11) is -3.85. The number of hydrogen-bond donors (Lipinski definition) is 1. The van der Waals surface area contributed by atoms with Gasteiger partial charge in [-0.1, -0.05) is 17.7 Å². The summed E-state index contributed by atoms with van der Waals surface area (Å²) in [5, 5.41) is 13.9. The molecular weight excluding hydrogens is 328 g/mol. The molecule has 6 nitrogen and oxygen atoms in total. The van der Waals surface area contributed by atoms with Gasteiger partial charge in [0.2, 0.25) is 9.84 Å². The number of nitro benzene ring substituents is 1. The number of rotatable bonds is 1. The van der Waals surface area contributed by atoms with Crippen LogP contribution in [-0.2, 0) is 9.84 Å². The number of nitro groups is 1. The Kier molecular flexibility index (Phi) is 3.15. The molecule has 3 rings (SSSR count). The van der Waals surface area contributed by atoms with E-state index >= 15 is 0 Å². The standard InChI is InChI=1S/C14H11ClN2O4S/c1-7-3-8(2)14-11(4-7)16-10-5-9(15)12(17(18)19)6-13(10)22(14,20)21/h3-6,16H,1-2H3. The number of halogens is 1. The van der Waals surface area contributed by atoms with Gasteiger partial charge >= 0.3 is 0 Å². The molecule has 0 spiro atoms. The topological polar surface area (TPSA) is 89.3 Å². The quantitative estimate of drug-likeness (QED) is 0.539. The molecule has 0 aliphatic carbocycles. The summed E-state index contributed by atoms with van der Waals surface area (Å²) in [6, 6.07) is 5.75. The van der Waals surface area contributed by atoms with Crippen molar-refractivity contribution in [3.8, 4) is 0 Å². The number of hydrogen-bond acceptors (Lipinski definition) is 5. The summed E-state index contributed by atoms with van der Waals surface area (Å²) in [5.41, 5.74) is 1.77. The molecule has 8 heteroatoms. The molecule has 0 aromatic heterocycles. The first kappa shape index (κ1) is 14.8. The molecule has 0 saturated heterocycles. The molecule has 0 fully saturated rings. The van der Waals surface area contributed by atoms with Crippen LogP contribution in [-0.4, -0.2) is 13.3 Å². The Bertz CT molecular complexity index is 938. The fourth-order valence-corrected chi connectivity index (χ4v) is 4.66. The van der Waals surface area contributed by atoms with Crippen LogP contribution in [0.2, 0.25) is 5.02 Å². The minimum atomic E-state index is -3.85. The van der Waals surface area contributed by atoms with Crippen molar-refractivity contribution in [1.82, 2.24) is 0 Å². The van der Waals surface area contributed by atoms with Gasteiger partial charge in [-0.15, -0.1) is 0 Å². The van der Waals surface area contributed by atoms with Crippen LogP contribution >= 0.6 is 11.6 Å². The maximum absolute atomic E-state index is 12.8. The minimum Gasteiger partial charge on any atom is -0.353 e. The lowest BCUT2D eigenvalue weighted by molar-refractivity contribution is -0.384. The predicted octanol–water partition coefficient (Wildman–Crippen LogP) is 3.75. The maximum Gasteiger partial charge on any atom is 0.289 e. The lowest BCUT2D eigenvalue weighted by Gasteiger charge is -2.23. The second-order valence-corrected chi connectivity index (χ2v) is 7.41. The fourth-order valence-electron chi connectivity index (χ4n) is 2.66. The molecule has 1 aliphatic heterocycles. The zero-order valence-corrected chi connectivity index (χ0v) is 13.2.